The Balaban J connectivity index is 1.90. The van der Waals surface area contributed by atoms with Crippen molar-refractivity contribution in [3.8, 4) is 5.75 Å². The number of amides is 1. The molecule has 0 saturated carbocycles. The normalized spacial score (nSPS) is 18.2. The SMILES string of the molecule is COCCOc1ccc(N2CCN(C(=O)OC(C)(C)C)C(C)C2)cc1. The number of hydrogen-bond donors (Lipinski definition) is 0. The maximum absolute atomic E-state index is 12.3. The Morgan fingerprint density at radius 1 is 1.16 bits per heavy atom. The van der Waals surface area contributed by atoms with E-state index in [1.165, 1.54) is 0 Å². The number of benzene rings is 1. The van der Waals surface area contributed by atoms with Crippen molar-refractivity contribution in [2.24, 2.45) is 0 Å². The van der Waals surface area contributed by atoms with Crippen LogP contribution in [-0.2, 0) is 9.47 Å². The van der Waals surface area contributed by atoms with Crippen LogP contribution in [0.15, 0.2) is 24.3 Å². The van der Waals surface area contributed by atoms with E-state index in [-0.39, 0.29) is 12.1 Å². The van der Waals surface area contributed by atoms with Crippen LogP contribution in [0.4, 0.5) is 10.5 Å². The second-order valence-electron chi connectivity index (χ2n) is 7.30. The number of anilines is 1. The summed E-state index contributed by atoms with van der Waals surface area (Å²) in [6.45, 7) is 11.1. The van der Waals surface area contributed by atoms with Gasteiger partial charge in [0.1, 0.15) is 18.0 Å². The number of carbonyl (C=O) groups excluding carboxylic acids is 1. The highest BCUT2D eigenvalue weighted by Crippen LogP contribution is 2.23. The molecule has 6 nitrogen and oxygen atoms in total. The number of carbonyl (C=O) groups is 1. The number of rotatable bonds is 5. The molecule has 6 heteroatoms. The van der Waals surface area contributed by atoms with Gasteiger partial charge in [0.2, 0.25) is 0 Å². The van der Waals surface area contributed by atoms with Crippen LogP contribution in [0.3, 0.4) is 0 Å². The summed E-state index contributed by atoms with van der Waals surface area (Å²) >= 11 is 0. The Morgan fingerprint density at radius 2 is 1.84 bits per heavy atom. The molecule has 1 aromatic rings. The molecule has 1 aliphatic rings. The zero-order valence-electron chi connectivity index (χ0n) is 15.9. The van der Waals surface area contributed by atoms with Crippen LogP contribution >= 0.6 is 0 Å². The van der Waals surface area contributed by atoms with Crippen LogP contribution in [0.5, 0.6) is 5.75 Å². The fourth-order valence-electron chi connectivity index (χ4n) is 2.78. The zero-order valence-corrected chi connectivity index (χ0v) is 15.9. The van der Waals surface area contributed by atoms with Gasteiger partial charge in [-0.3, -0.25) is 0 Å². The molecule has 1 aliphatic heterocycles. The number of nitrogens with zero attached hydrogens (tertiary/aromatic N) is 2. The first kappa shape index (κ1) is 19.4. The predicted octanol–water partition coefficient (Wildman–Crippen LogP) is 3.16. The summed E-state index contributed by atoms with van der Waals surface area (Å²) in [4.78, 5) is 16.4. The summed E-state index contributed by atoms with van der Waals surface area (Å²) in [5.74, 6) is 0.834. The van der Waals surface area contributed by atoms with Gasteiger partial charge in [0.25, 0.3) is 0 Å². The van der Waals surface area contributed by atoms with Gasteiger partial charge in [-0.15, -0.1) is 0 Å². The van der Waals surface area contributed by atoms with Gasteiger partial charge in [-0.05, 0) is 52.0 Å². The standard InChI is InChI=1S/C19H30N2O4/c1-15-14-20(10-11-21(15)18(22)25-19(2,3)4)16-6-8-17(9-7-16)24-13-12-23-5/h6-9,15H,10-14H2,1-5H3. The fourth-order valence-corrected chi connectivity index (χ4v) is 2.78. The molecule has 0 N–H and O–H groups in total. The smallest absolute Gasteiger partial charge is 0.410 e. The first-order valence-electron chi connectivity index (χ1n) is 8.76. The Kier molecular flexibility index (Phi) is 6.53. The summed E-state index contributed by atoms with van der Waals surface area (Å²) in [6.07, 6.45) is -0.235. The summed E-state index contributed by atoms with van der Waals surface area (Å²) in [5, 5.41) is 0. The molecule has 1 amide bonds. The van der Waals surface area contributed by atoms with E-state index in [2.05, 4.69) is 24.0 Å². The third-order valence-corrected chi connectivity index (χ3v) is 4.01. The van der Waals surface area contributed by atoms with E-state index in [9.17, 15) is 4.79 Å². The topological polar surface area (TPSA) is 51.2 Å². The number of methoxy groups -OCH3 is 1. The van der Waals surface area contributed by atoms with Gasteiger partial charge in [0, 0.05) is 38.5 Å². The average molecular weight is 350 g/mol. The number of ether oxygens (including phenoxy) is 3. The molecule has 1 heterocycles. The molecule has 0 spiro atoms. The second kappa shape index (κ2) is 8.43. The quantitative estimate of drug-likeness (QED) is 0.764. The molecule has 0 aliphatic carbocycles. The minimum atomic E-state index is -0.466. The summed E-state index contributed by atoms with van der Waals surface area (Å²) < 4.78 is 16.1. The Labute approximate surface area is 150 Å². The molecule has 1 fully saturated rings. The van der Waals surface area contributed by atoms with Crippen LogP contribution in [0, 0.1) is 0 Å². The van der Waals surface area contributed by atoms with Crippen molar-refractivity contribution in [3.05, 3.63) is 24.3 Å². The molecule has 2 rings (SSSR count). The Hall–Kier alpha value is -1.95. The van der Waals surface area contributed by atoms with Gasteiger partial charge < -0.3 is 24.0 Å². The minimum Gasteiger partial charge on any atom is -0.491 e. The minimum absolute atomic E-state index is 0.0984. The van der Waals surface area contributed by atoms with E-state index in [0.29, 0.717) is 19.8 Å². The van der Waals surface area contributed by atoms with Crippen LogP contribution in [0.2, 0.25) is 0 Å². The van der Waals surface area contributed by atoms with Crippen LogP contribution < -0.4 is 9.64 Å². The van der Waals surface area contributed by atoms with Crippen LogP contribution in [0.1, 0.15) is 27.7 Å². The Morgan fingerprint density at radius 3 is 2.40 bits per heavy atom. The van der Waals surface area contributed by atoms with E-state index < -0.39 is 5.60 Å². The summed E-state index contributed by atoms with van der Waals surface area (Å²) in [7, 11) is 1.66. The summed E-state index contributed by atoms with van der Waals surface area (Å²) in [5.41, 5.74) is 0.668. The lowest BCUT2D eigenvalue weighted by molar-refractivity contribution is 0.0159. The molecular weight excluding hydrogens is 320 g/mol. The highest BCUT2D eigenvalue weighted by atomic mass is 16.6. The van der Waals surface area contributed by atoms with Crippen molar-refractivity contribution in [2.45, 2.75) is 39.3 Å². The summed E-state index contributed by atoms with van der Waals surface area (Å²) in [6, 6.07) is 8.14. The average Bonchev–Trinajstić information content (AvgIpc) is 2.54. The lowest BCUT2D eigenvalue weighted by atomic mass is 10.1. The monoisotopic (exact) mass is 350 g/mol. The van der Waals surface area contributed by atoms with Gasteiger partial charge in [-0.2, -0.15) is 0 Å². The van der Waals surface area contributed by atoms with E-state index in [1.807, 2.05) is 37.8 Å². The van der Waals surface area contributed by atoms with Crippen molar-refractivity contribution in [3.63, 3.8) is 0 Å². The third kappa shape index (κ3) is 5.81. The molecule has 0 aromatic heterocycles. The second-order valence-corrected chi connectivity index (χ2v) is 7.30. The molecule has 1 saturated heterocycles. The molecule has 25 heavy (non-hydrogen) atoms. The molecule has 140 valence electrons. The number of hydrogen-bond acceptors (Lipinski definition) is 5. The van der Waals surface area contributed by atoms with E-state index in [1.54, 1.807) is 7.11 Å². The van der Waals surface area contributed by atoms with Gasteiger partial charge in [0.15, 0.2) is 0 Å². The highest BCUT2D eigenvalue weighted by molar-refractivity contribution is 5.69. The third-order valence-electron chi connectivity index (χ3n) is 4.01. The maximum Gasteiger partial charge on any atom is 0.410 e. The fraction of sp³-hybridized carbons (Fsp3) is 0.632. The largest absolute Gasteiger partial charge is 0.491 e. The van der Waals surface area contributed by atoms with Crippen molar-refractivity contribution >= 4 is 11.8 Å². The van der Waals surface area contributed by atoms with Crippen LogP contribution in [-0.4, -0.2) is 62.6 Å². The van der Waals surface area contributed by atoms with Crippen molar-refractivity contribution < 1.29 is 19.0 Å². The zero-order chi connectivity index (χ0) is 18.4. The lowest BCUT2D eigenvalue weighted by Crippen LogP contribution is -2.55. The Bertz CT molecular complexity index is 554. The van der Waals surface area contributed by atoms with Gasteiger partial charge >= 0.3 is 6.09 Å². The van der Waals surface area contributed by atoms with Gasteiger partial charge in [0.05, 0.1) is 6.61 Å². The van der Waals surface area contributed by atoms with Gasteiger partial charge in [-0.25, -0.2) is 4.79 Å². The lowest BCUT2D eigenvalue weighted by Gasteiger charge is -2.41. The predicted molar refractivity (Wildman–Crippen MR) is 98.4 cm³/mol. The first-order valence-corrected chi connectivity index (χ1v) is 8.76. The molecule has 0 bridgehead atoms. The first-order chi connectivity index (χ1) is 11.8. The van der Waals surface area contributed by atoms with E-state index in [4.69, 9.17) is 14.2 Å². The van der Waals surface area contributed by atoms with Crippen molar-refractivity contribution in [1.29, 1.82) is 0 Å². The molecule has 1 aromatic carbocycles. The number of piperazine rings is 1. The van der Waals surface area contributed by atoms with E-state index in [0.717, 1.165) is 24.5 Å². The van der Waals surface area contributed by atoms with E-state index >= 15 is 0 Å². The molecule has 1 unspecified atom stereocenters. The van der Waals surface area contributed by atoms with Gasteiger partial charge in [-0.1, -0.05) is 0 Å². The maximum atomic E-state index is 12.3. The molecular formula is C19H30N2O4. The molecule has 0 radical (unpaired) electrons. The van der Waals surface area contributed by atoms with Crippen molar-refractivity contribution in [2.75, 3.05) is 44.9 Å². The van der Waals surface area contributed by atoms with Crippen LogP contribution in [0.25, 0.3) is 0 Å². The highest BCUT2D eigenvalue weighted by Gasteiger charge is 2.30. The van der Waals surface area contributed by atoms with Crippen molar-refractivity contribution in [1.82, 2.24) is 4.90 Å². The molecule has 1 atom stereocenters.